The summed E-state index contributed by atoms with van der Waals surface area (Å²) in [6, 6.07) is 11.9. The highest BCUT2D eigenvalue weighted by molar-refractivity contribution is 6.31. The molecular formula is C28H32ClFN4O3. The highest BCUT2D eigenvalue weighted by Crippen LogP contribution is 2.31. The largest absolute Gasteiger partial charge is 0.381 e. The molecule has 5 rings (SSSR count). The minimum atomic E-state index is -0.300. The SMILES string of the molecule is O=C(Nc1cc(Cl)ccc1/C=C/C(=O)N1C2CCC1CN(Cc1ccc(F)cc1)C2)NC1CCOCC1. The van der Waals surface area contributed by atoms with Crippen molar-refractivity contribution < 1.29 is 18.7 Å². The first kappa shape index (κ1) is 25.7. The third-order valence-electron chi connectivity index (χ3n) is 7.36. The lowest BCUT2D eigenvalue weighted by Crippen LogP contribution is -2.55. The Morgan fingerprint density at radius 2 is 1.73 bits per heavy atom. The molecule has 2 atom stereocenters. The second kappa shape index (κ2) is 11.6. The minimum Gasteiger partial charge on any atom is -0.381 e. The van der Waals surface area contributed by atoms with E-state index < -0.39 is 0 Å². The average molecular weight is 527 g/mol. The summed E-state index contributed by atoms with van der Waals surface area (Å²) < 4.78 is 18.6. The van der Waals surface area contributed by atoms with Crippen LogP contribution in [0.5, 0.6) is 0 Å². The number of nitrogens with zero attached hydrogens (tertiary/aromatic N) is 2. The van der Waals surface area contributed by atoms with Gasteiger partial charge < -0.3 is 20.3 Å². The van der Waals surface area contributed by atoms with Gasteiger partial charge in [0.05, 0.1) is 5.69 Å². The van der Waals surface area contributed by atoms with E-state index in [2.05, 4.69) is 15.5 Å². The van der Waals surface area contributed by atoms with Crippen molar-refractivity contribution in [2.75, 3.05) is 31.6 Å². The van der Waals surface area contributed by atoms with Crippen LogP contribution in [0.2, 0.25) is 5.02 Å². The van der Waals surface area contributed by atoms with Crippen LogP contribution in [0.1, 0.15) is 36.8 Å². The number of fused-ring (bicyclic) bond motifs is 2. The summed E-state index contributed by atoms with van der Waals surface area (Å²) in [5.41, 5.74) is 2.33. The second-order valence-electron chi connectivity index (χ2n) is 10.0. The fraction of sp³-hybridized carbons (Fsp3) is 0.429. The van der Waals surface area contributed by atoms with Gasteiger partial charge in [-0.05, 0) is 67.2 Å². The molecule has 2 aromatic carbocycles. The number of rotatable bonds is 6. The quantitative estimate of drug-likeness (QED) is 0.537. The van der Waals surface area contributed by atoms with Crippen LogP contribution in [-0.2, 0) is 16.1 Å². The van der Waals surface area contributed by atoms with Gasteiger partial charge in [-0.1, -0.05) is 29.8 Å². The van der Waals surface area contributed by atoms with Gasteiger partial charge >= 0.3 is 6.03 Å². The van der Waals surface area contributed by atoms with E-state index in [0.29, 0.717) is 29.5 Å². The van der Waals surface area contributed by atoms with E-state index in [0.717, 1.165) is 50.9 Å². The number of carbonyl (C=O) groups is 2. The summed E-state index contributed by atoms with van der Waals surface area (Å²) >= 11 is 6.19. The number of hydrogen-bond donors (Lipinski definition) is 2. The minimum absolute atomic E-state index is 0.0264. The first-order chi connectivity index (χ1) is 17.9. The van der Waals surface area contributed by atoms with Crippen LogP contribution in [0.25, 0.3) is 6.08 Å². The molecule has 3 amide bonds. The number of halogens is 2. The Labute approximate surface area is 221 Å². The van der Waals surface area contributed by atoms with E-state index in [4.69, 9.17) is 16.3 Å². The molecule has 0 spiro atoms. The Morgan fingerprint density at radius 3 is 2.43 bits per heavy atom. The Kier molecular flexibility index (Phi) is 8.08. The zero-order valence-corrected chi connectivity index (χ0v) is 21.4. The van der Waals surface area contributed by atoms with Gasteiger partial charge in [-0.2, -0.15) is 0 Å². The van der Waals surface area contributed by atoms with E-state index in [1.807, 2.05) is 17.0 Å². The first-order valence-electron chi connectivity index (χ1n) is 12.9. The fourth-order valence-electron chi connectivity index (χ4n) is 5.54. The van der Waals surface area contributed by atoms with Gasteiger partial charge in [0.15, 0.2) is 0 Å². The molecule has 3 saturated heterocycles. The maximum absolute atomic E-state index is 13.2. The van der Waals surface area contributed by atoms with Gasteiger partial charge in [0.25, 0.3) is 0 Å². The van der Waals surface area contributed by atoms with E-state index in [1.54, 1.807) is 30.4 Å². The van der Waals surface area contributed by atoms with E-state index in [-0.39, 0.29) is 35.9 Å². The van der Waals surface area contributed by atoms with Crippen LogP contribution in [0.4, 0.5) is 14.9 Å². The van der Waals surface area contributed by atoms with Crippen LogP contribution in [0.15, 0.2) is 48.5 Å². The van der Waals surface area contributed by atoms with Crippen LogP contribution in [-0.4, -0.2) is 66.2 Å². The summed E-state index contributed by atoms with van der Waals surface area (Å²) in [6.07, 6.45) is 6.85. The molecule has 2 unspecified atom stereocenters. The number of urea groups is 1. The number of likely N-dealkylation sites (tertiary alicyclic amines) is 1. The van der Waals surface area contributed by atoms with Gasteiger partial charge in [-0.15, -0.1) is 0 Å². The highest BCUT2D eigenvalue weighted by atomic mass is 35.5. The summed E-state index contributed by atoms with van der Waals surface area (Å²) in [4.78, 5) is 30.2. The molecule has 3 fully saturated rings. The van der Waals surface area contributed by atoms with Crippen LogP contribution in [0.3, 0.4) is 0 Å². The molecule has 2 N–H and O–H groups in total. The maximum Gasteiger partial charge on any atom is 0.319 e. The van der Waals surface area contributed by atoms with Crippen molar-refractivity contribution in [3.63, 3.8) is 0 Å². The molecule has 0 aliphatic carbocycles. The van der Waals surface area contributed by atoms with E-state index in [1.165, 1.54) is 12.1 Å². The normalized spacial score (nSPS) is 22.4. The second-order valence-corrected chi connectivity index (χ2v) is 10.4. The lowest BCUT2D eigenvalue weighted by molar-refractivity contribution is -0.131. The smallest absolute Gasteiger partial charge is 0.319 e. The predicted molar refractivity (Wildman–Crippen MR) is 142 cm³/mol. The molecular weight excluding hydrogens is 495 g/mol. The molecule has 0 saturated carbocycles. The fourth-order valence-corrected chi connectivity index (χ4v) is 5.71. The van der Waals surface area contributed by atoms with Crippen LogP contribution >= 0.6 is 11.6 Å². The van der Waals surface area contributed by atoms with Gasteiger partial charge in [0.1, 0.15) is 5.82 Å². The summed E-state index contributed by atoms with van der Waals surface area (Å²) in [5.74, 6) is -0.258. The van der Waals surface area contributed by atoms with Crippen molar-refractivity contribution in [3.05, 3.63) is 70.5 Å². The topological polar surface area (TPSA) is 73.9 Å². The molecule has 0 radical (unpaired) electrons. The predicted octanol–water partition coefficient (Wildman–Crippen LogP) is 4.67. The van der Waals surface area contributed by atoms with Crippen molar-refractivity contribution in [1.82, 2.24) is 15.1 Å². The Bertz CT molecular complexity index is 1140. The standard InChI is InChI=1S/C28H32ClFN4O3/c29-21-5-3-20(26(15-21)32-28(36)31-23-11-13-37-14-12-23)4-10-27(35)34-24-8-9-25(34)18-33(17-24)16-19-1-6-22(30)7-2-19/h1-7,10,15,23-25H,8-9,11-14,16-18H2,(H2,31,32,36)/b10-4+. The third kappa shape index (κ3) is 6.50. The van der Waals surface area contributed by atoms with E-state index >= 15 is 0 Å². The Balaban J connectivity index is 1.21. The van der Waals surface area contributed by atoms with Gasteiger partial charge in [-0.25, -0.2) is 9.18 Å². The number of ether oxygens (including phenoxy) is 1. The molecule has 2 bridgehead atoms. The number of nitrogens with one attached hydrogen (secondary N) is 2. The number of piperazine rings is 1. The lowest BCUT2D eigenvalue weighted by atomic mass is 10.1. The number of benzene rings is 2. The number of carbonyl (C=O) groups excluding carboxylic acids is 2. The van der Waals surface area contributed by atoms with Crippen molar-refractivity contribution in [3.8, 4) is 0 Å². The molecule has 196 valence electrons. The van der Waals surface area contributed by atoms with Crippen molar-refractivity contribution in [2.24, 2.45) is 0 Å². The molecule has 7 nitrogen and oxygen atoms in total. The molecule has 3 heterocycles. The number of hydrogen-bond acceptors (Lipinski definition) is 4. The molecule has 3 aliphatic rings. The maximum atomic E-state index is 13.2. The molecule has 37 heavy (non-hydrogen) atoms. The number of anilines is 1. The average Bonchev–Trinajstić information content (AvgIpc) is 3.15. The molecule has 0 aromatic heterocycles. The van der Waals surface area contributed by atoms with Gasteiger partial charge in [0.2, 0.25) is 5.91 Å². The van der Waals surface area contributed by atoms with Crippen molar-refractivity contribution >= 4 is 35.3 Å². The third-order valence-corrected chi connectivity index (χ3v) is 7.59. The first-order valence-corrected chi connectivity index (χ1v) is 13.2. The highest BCUT2D eigenvalue weighted by Gasteiger charge is 2.41. The monoisotopic (exact) mass is 526 g/mol. The molecule has 2 aromatic rings. The summed E-state index contributed by atoms with van der Waals surface area (Å²) in [5, 5.41) is 6.36. The summed E-state index contributed by atoms with van der Waals surface area (Å²) in [7, 11) is 0. The Morgan fingerprint density at radius 1 is 1.03 bits per heavy atom. The zero-order chi connectivity index (χ0) is 25.8. The van der Waals surface area contributed by atoms with Crippen molar-refractivity contribution in [2.45, 2.75) is 50.4 Å². The van der Waals surface area contributed by atoms with Gasteiger partial charge in [-0.3, -0.25) is 9.69 Å². The zero-order valence-electron chi connectivity index (χ0n) is 20.7. The summed E-state index contributed by atoms with van der Waals surface area (Å²) in [6.45, 7) is 3.63. The Hall–Kier alpha value is -2.94. The van der Waals surface area contributed by atoms with Crippen LogP contribution in [0, 0.1) is 5.82 Å². The molecule has 9 heteroatoms. The molecule has 3 aliphatic heterocycles. The van der Waals surface area contributed by atoms with Crippen molar-refractivity contribution in [1.29, 1.82) is 0 Å². The van der Waals surface area contributed by atoms with Crippen LogP contribution < -0.4 is 10.6 Å². The van der Waals surface area contributed by atoms with Gasteiger partial charge in [0, 0.05) is 62.1 Å². The number of amides is 3. The van der Waals surface area contributed by atoms with E-state index in [9.17, 15) is 14.0 Å². The lowest BCUT2D eigenvalue weighted by Gasteiger charge is -2.40.